The van der Waals surface area contributed by atoms with Crippen molar-refractivity contribution in [3.05, 3.63) is 44.9 Å². The lowest BCUT2D eigenvalue weighted by Gasteiger charge is -2.11. The Bertz CT molecular complexity index is 750. The number of nitrogens with one attached hydrogen (secondary N) is 1. The molecule has 9 heteroatoms. The summed E-state index contributed by atoms with van der Waals surface area (Å²) < 4.78 is 10.4. The number of hydrogen-bond donors (Lipinski definition) is 2. The van der Waals surface area contributed by atoms with Gasteiger partial charge in [0, 0.05) is 30.5 Å². The first-order chi connectivity index (χ1) is 12.0. The standard InChI is InChI=1S/C16H17ClN2O5S/c1-23-6-7-24-13-3-2-10(17)8-11(13)15(20)18-5-4-14-19-12(9-25-14)16(21)22/h2-3,8-9H,4-7H2,1H3,(H,18,20)(H,21,22). The Morgan fingerprint density at radius 3 is 2.84 bits per heavy atom. The topological polar surface area (TPSA) is 97.8 Å². The highest BCUT2D eigenvalue weighted by atomic mass is 35.5. The first-order valence-corrected chi connectivity index (χ1v) is 8.64. The van der Waals surface area contributed by atoms with E-state index in [1.54, 1.807) is 19.2 Å². The quantitative estimate of drug-likeness (QED) is 0.644. The summed E-state index contributed by atoms with van der Waals surface area (Å²) in [4.78, 5) is 27.1. The summed E-state index contributed by atoms with van der Waals surface area (Å²) in [5.41, 5.74) is 0.337. The normalized spacial score (nSPS) is 10.5. The molecule has 2 rings (SSSR count). The minimum Gasteiger partial charge on any atom is -0.490 e. The second-order valence-corrected chi connectivity index (χ2v) is 6.30. The number of carbonyl (C=O) groups excluding carboxylic acids is 1. The maximum absolute atomic E-state index is 12.4. The van der Waals surface area contributed by atoms with Gasteiger partial charge in [0.05, 0.1) is 17.2 Å². The Labute approximate surface area is 153 Å². The molecule has 2 aromatic rings. The van der Waals surface area contributed by atoms with E-state index in [-0.39, 0.29) is 11.6 Å². The number of amides is 1. The van der Waals surface area contributed by atoms with E-state index in [0.29, 0.717) is 47.5 Å². The number of carbonyl (C=O) groups is 2. The van der Waals surface area contributed by atoms with E-state index in [9.17, 15) is 9.59 Å². The lowest BCUT2D eigenvalue weighted by Crippen LogP contribution is -2.26. The van der Waals surface area contributed by atoms with Gasteiger partial charge in [-0.05, 0) is 18.2 Å². The fraction of sp³-hybridized carbons (Fsp3) is 0.312. The lowest BCUT2D eigenvalue weighted by molar-refractivity contribution is 0.0690. The Morgan fingerprint density at radius 1 is 1.36 bits per heavy atom. The molecule has 2 N–H and O–H groups in total. The maximum Gasteiger partial charge on any atom is 0.355 e. The summed E-state index contributed by atoms with van der Waals surface area (Å²) in [6.07, 6.45) is 0.435. The smallest absolute Gasteiger partial charge is 0.355 e. The monoisotopic (exact) mass is 384 g/mol. The summed E-state index contributed by atoms with van der Waals surface area (Å²) in [6, 6.07) is 4.81. The van der Waals surface area contributed by atoms with Crippen LogP contribution in [0.2, 0.25) is 5.02 Å². The number of halogens is 1. The average molecular weight is 385 g/mol. The van der Waals surface area contributed by atoms with Gasteiger partial charge in [0.2, 0.25) is 0 Å². The van der Waals surface area contributed by atoms with Crippen LogP contribution in [-0.4, -0.2) is 48.8 Å². The van der Waals surface area contributed by atoms with Crippen LogP contribution < -0.4 is 10.1 Å². The summed E-state index contributed by atoms with van der Waals surface area (Å²) >= 11 is 7.20. The molecule has 0 bridgehead atoms. The molecule has 1 aromatic heterocycles. The van der Waals surface area contributed by atoms with Gasteiger partial charge in [0.1, 0.15) is 12.4 Å². The number of rotatable bonds is 9. The molecule has 7 nitrogen and oxygen atoms in total. The molecule has 0 fully saturated rings. The minimum atomic E-state index is -1.07. The Morgan fingerprint density at radius 2 is 2.16 bits per heavy atom. The van der Waals surface area contributed by atoms with Gasteiger partial charge in [0.25, 0.3) is 5.91 Å². The summed E-state index contributed by atoms with van der Waals surface area (Å²) in [6.45, 7) is 1.03. The van der Waals surface area contributed by atoms with Crippen molar-refractivity contribution in [1.29, 1.82) is 0 Å². The molecule has 0 unspecified atom stereocenters. The molecule has 0 saturated heterocycles. The van der Waals surface area contributed by atoms with E-state index in [4.69, 9.17) is 26.2 Å². The third kappa shape index (κ3) is 5.70. The molecule has 25 heavy (non-hydrogen) atoms. The van der Waals surface area contributed by atoms with E-state index in [0.717, 1.165) is 0 Å². The van der Waals surface area contributed by atoms with Crippen molar-refractivity contribution in [3.8, 4) is 5.75 Å². The zero-order chi connectivity index (χ0) is 18.2. The largest absolute Gasteiger partial charge is 0.490 e. The van der Waals surface area contributed by atoms with E-state index in [1.165, 1.54) is 22.8 Å². The van der Waals surface area contributed by atoms with Crippen LogP contribution >= 0.6 is 22.9 Å². The highest BCUT2D eigenvalue weighted by Gasteiger charge is 2.14. The Kier molecular flexibility index (Phi) is 7.17. The molecule has 0 saturated carbocycles. The molecule has 0 aliphatic heterocycles. The number of hydrogen-bond acceptors (Lipinski definition) is 6. The lowest BCUT2D eigenvalue weighted by atomic mass is 10.2. The Hall–Kier alpha value is -2.16. The predicted octanol–water partition coefficient (Wildman–Crippen LogP) is 2.49. The number of carboxylic acids is 1. The number of nitrogens with zero attached hydrogens (tertiary/aromatic N) is 1. The van der Waals surface area contributed by atoms with Crippen LogP contribution in [0, 0.1) is 0 Å². The summed E-state index contributed by atoms with van der Waals surface area (Å²) in [5, 5.41) is 14.1. The van der Waals surface area contributed by atoms with Crippen molar-refractivity contribution in [3.63, 3.8) is 0 Å². The number of carboxylic acid groups (broad SMARTS) is 1. The Balaban J connectivity index is 1.94. The van der Waals surface area contributed by atoms with E-state index < -0.39 is 5.97 Å². The van der Waals surface area contributed by atoms with E-state index in [2.05, 4.69) is 10.3 Å². The van der Waals surface area contributed by atoms with Crippen molar-refractivity contribution in [2.24, 2.45) is 0 Å². The highest BCUT2D eigenvalue weighted by Crippen LogP contribution is 2.23. The third-order valence-corrected chi connectivity index (χ3v) is 4.27. The van der Waals surface area contributed by atoms with Gasteiger partial charge < -0.3 is 19.9 Å². The molecular weight excluding hydrogens is 368 g/mol. The molecule has 1 aromatic carbocycles. The number of aromatic carboxylic acids is 1. The fourth-order valence-electron chi connectivity index (χ4n) is 1.94. The molecule has 0 radical (unpaired) electrons. The third-order valence-electron chi connectivity index (χ3n) is 3.13. The van der Waals surface area contributed by atoms with Crippen LogP contribution in [0.3, 0.4) is 0 Å². The molecule has 1 heterocycles. The summed E-state index contributed by atoms with van der Waals surface area (Å²) in [5.74, 6) is -0.977. The van der Waals surface area contributed by atoms with Gasteiger partial charge in [-0.25, -0.2) is 9.78 Å². The molecule has 0 atom stereocenters. The number of ether oxygens (including phenoxy) is 2. The van der Waals surface area contributed by atoms with Crippen LogP contribution in [0.4, 0.5) is 0 Å². The molecule has 0 spiro atoms. The van der Waals surface area contributed by atoms with Crippen molar-refractivity contribution < 1.29 is 24.2 Å². The average Bonchev–Trinajstić information content (AvgIpc) is 3.05. The molecule has 0 aliphatic carbocycles. The van der Waals surface area contributed by atoms with Crippen molar-refractivity contribution in [2.45, 2.75) is 6.42 Å². The van der Waals surface area contributed by atoms with Crippen LogP contribution in [0.1, 0.15) is 25.9 Å². The number of aromatic nitrogens is 1. The maximum atomic E-state index is 12.4. The first kappa shape index (κ1) is 19.2. The van der Waals surface area contributed by atoms with E-state index in [1.807, 2.05) is 0 Å². The van der Waals surface area contributed by atoms with Gasteiger partial charge in [-0.3, -0.25) is 4.79 Å². The predicted molar refractivity (Wildman–Crippen MR) is 93.9 cm³/mol. The first-order valence-electron chi connectivity index (χ1n) is 7.38. The molecular formula is C16H17ClN2O5S. The van der Waals surface area contributed by atoms with Crippen molar-refractivity contribution in [1.82, 2.24) is 10.3 Å². The zero-order valence-electron chi connectivity index (χ0n) is 13.5. The minimum absolute atomic E-state index is 0.00926. The highest BCUT2D eigenvalue weighted by molar-refractivity contribution is 7.09. The van der Waals surface area contributed by atoms with Gasteiger partial charge in [-0.1, -0.05) is 11.6 Å². The van der Waals surface area contributed by atoms with Crippen molar-refractivity contribution >= 4 is 34.8 Å². The van der Waals surface area contributed by atoms with Crippen LogP contribution in [0.15, 0.2) is 23.6 Å². The number of methoxy groups -OCH3 is 1. The molecule has 1 amide bonds. The van der Waals surface area contributed by atoms with Gasteiger partial charge in [-0.2, -0.15) is 0 Å². The fourth-order valence-corrected chi connectivity index (χ4v) is 2.89. The van der Waals surface area contributed by atoms with Crippen molar-refractivity contribution in [2.75, 3.05) is 26.9 Å². The second-order valence-electron chi connectivity index (χ2n) is 4.92. The van der Waals surface area contributed by atoms with Gasteiger partial charge in [-0.15, -0.1) is 11.3 Å². The van der Waals surface area contributed by atoms with E-state index >= 15 is 0 Å². The zero-order valence-corrected chi connectivity index (χ0v) is 15.0. The SMILES string of the molecule is COCCOc1ccc(Cl)cc1C(=O)NCCc1nc(C(=O)O)cs1. The molecule has 0 aliphatic rings. The molecule has 134 valence electrons. The number of thiazole rings is 1. The second kappa shape index (κ2) is 9.36. The van der Waals surface area contributed by atoms with Gasteiger partial charge >= 0.3 is 5.97 Å². The van der Waals surface area contributed by atoms with Crippen LogP contribution in [0.5, 0.6) is 5.75 Å². The summed E-state index contributed by atoms with van der Waals surface area (Å²) in [7, 11) is 1.56. The van der Waals surface area contributed by atoms with Crippen LogP contribution in [-0.2, 0) is 11.2 Å². The van der Waals surface area contributed by atoms with Crippen LogP contribution in [0.25, 0.3) is 0 Å². The number of benzene rings is 1. The van der Waals surface area contributed by atoms with Gasteiger partial charge in [0.15, 0.2) is 5.69 Å².